The molecule has 0 aliphatic rings. The molecule has 216 valence electrons. The minimum absolute atomic E-state index is 0.152. The number of hydrogen-bond acceptors (Lipinski definition) is 4. The normalized spacial score (nSPS) is 15.0. The van der Waals surface area contributed by atoms with Crippen LogP contribution < -0.4 is 11.1 Å². The molecule has 8 heteroatoms. The van der Waals surface area contributed by atoms with Gasteiger partial charge in [-0.25, -0.2) is 0 Å². The van der Waals surface area contributed by atoms with Crippen LogP contribution in [-0.4, -0.2) is 46.1 Å². The summed E-state index contributed by atoms with van der Waals surface area (Å²) in [7, 11) is 3.27. The monoisotopic (exact) mass is 570 g/mol. The van der Waals surface area contributed by atoms with Crippen LogP contribution in [-0.2, 0) is 33.4 Å². The Kier molecular flexibility index (Phi) is 11.5. The van der Waals surface area contributed by atoms with E-state index in [-0.39, 0.29) is 11.6 Å². The molecule has 0 fully saturated rings. The molecule has 3 rings (SSSR count). The van der Waals surface area contributed by atoms with E-state index in [1.54, 1.807) is 0 Å². The molecule has 3 N–H and O–H groups in total. The first-order valence-electron chi connectivity index (χ1n) is 14.1. The zero-order chi connectivity index (χ0) is 30.0. The van der Waals surface area contributed by atoms with Crippen molar-refractivity contribution < 1.29 is 18.8 Å². The Hall–Kier alpha value is -3.20. The van der Waals surface area contributed by atoms with E-state index < -0.39 is 44.2 Å². The van der Waals surface area contributed by atoms with Gasteiger partial charge in [0.1, 0.15) is 0 Å². The maximum atomic E-state index is 13.2. The number of carbonyl (C=O) groups is 2. The molecular weight excluding hydrogens is 527 g/mol. The summed E-state index contributed by atoms with van der Waals surface area (Å²) in [5.41, 5.74) is 9.03. The van der Waals surface area contributed by atoms with Crippen LogP contribution in [0.3, 0.4) is 0 Å². The molecule has 0 unspecified atom stereocenters. The molecule has 0 aliphatic carbocycles. The number of amides is 2. The first-order chi connectivity index (χ1) is 19.4. The molecule has 0 heterocycles. The maximum Gasteiger partial charge on any atom is 0.223 e. The van der Waals surface area contributed by atoms with E-state index in [0.29, 0.717) is 12.8 Å². The molecule has 0 saturated carbocycles. The molecule has 3 aromatic rings. The molecule has 0 bridgehead atoms. The average Bonchev–Trinajstić information content (AvgIpc) is 2.92. The van der Waals surface area contributed by atoms with Gasteiger partial charge in [0.15, 0.2) is 14.1 Å². The third-order valence-electron chi connectivity index (χ3n) is 7.93. The fraction of sp³-hybridized carbons (Fsp3) is 0.394. The lowest BCUT2D eigenvalue weighted by Gasteiger charge is -2.45. The van der Waals surface area contributed by atoms with Gasteiger partial charge in [-0.05, 0) is 47.7 Å². The van der Waals surface area contributed by atoms with Crippen LogP contribution in [0.5, 0.6) is 0 Å². The van der Waals surface area contributed by atoms with E-state index in [2.05, 4.69) is 39.2 Å². The highest BCUT2D eigenvalue weighted by atomic mass is 28.4. The first kappa shape index (κ1) is 32.3. The molecule has 0 aromatic heterocycles. The lowest BCUT2D eigenvalue weighted by Crippen LogP contribution is -2.60. The summed E-state index contributed by atoms with van der Waals surface area (Å²) >= 11 is 0. The van der Waals surface area contributed by atoms with Gasteiger partial charge >= 0.3 is 0 Å². The highest BCUT2D eigenvalue weighted by molar-refractivity contribution is 6.74. The van der Waals surface area contributed by atoms with E-state index in [9.17, 15) is 9.59 Å². The average molecular weight is 571 g/mol. The SMILES string of the molecule is [B]C(=O)N[C@H](Cc1ccccc1)[C@H](O[Si](C)(C)C(C)(C)C)[C@@H](OCc1ccccc1)[C@H](Cc1ccccc1)C(N)=O. The highest BCUT2D eigenvalue weighted by Crippen LogP contribution is 2.39. The molecule has 6 nitrogen and oxygen atoms in total. The minimum atomic E-state index is -2.47. The van der Waals surface area contributed by atoms with Crippen molar-refractivity contribution in [1.82, 2.24) is 5.32 Å². The smallest absolute Gasteiger partial charge is 0.223 e. The zero-order valence-corrected chi connectivity index (χ0v) is 25.9. The van der Waals surface area contributed by atoms with Crippen molar-refractivity contribution in [2.45, 2.75) is 76.6 Å². The number of hydrogen-bond donors (Lipinski definition) is 2. The summed E-state index contributed by atoms with van der Waals surface area (Å²) < 4.78 is 13.7. The van der Waals surface area contributed by atoms with Gasteiger partial charge in [-0.2, -0.15) is 0 Å². The van der Waals surface area contributed by atoms with E-state index in [4.69, 9.17) is 22.7 Å². The van der Waals surface area contributed by atoms with Gasteiger partial charge in [0.2, 0.25) is 13.8 Å². The summed E-state index contributed by atoms with van der Waals surface area (Å²) in [6, 6.07) is 28.8. The second-order valence-electron chi connectivity index (χ2n) is 12.1. The van der Waals surface area contributed by atoms with E-state index in [1.165, 1.54) is 0 Å². The van der Waals surface area contributed by atoms with Gasteiger partial charge < -0.3 is 20.2 Å². The van der Waals surface area contributed by atoms with E-state index >= 15 is 0 Å². The van der Waals surface area contributed by atoms with Gasteiger partial charge in [-0.15, -0.1) is 0 Å². The second kappa shape index (κ2) is 14.6. The highest BCUT2D eigenvalue weighted by Gasteiger charge is 2.46. The molecule has 2 radical (unpaired) electrons. The van der Waals surface area contributed by atoms with Crippen LogP contribution in [0.2, 0.25) is 18.1 Å². The summed E-state index contributed by atoms with van der Waals surface area (Å²) in [4.78, 5) is 25.6. The van der Waals surface area contributed by atoms with E-state index in [1.807, 2.05) is 91.0 Å². The van der Waals surface area contributed by atoms with Crippen LogP contribution >= 0.6 is 0 Å². The van der Waals surface area contributed by atoms with Crippen molar-refractivity contribution in [3.8, 4) is 0 Å². The molecule has 0 aliphatic heterocycles. The summed E-state index contributed by atoms with van der Waals surface area (Å²) in [5, 5.41) is 2.79. The van der Waals surface area contributed by atoms with Gasteiger partial charge in [0.05, 0.1) is 30.8 Å². The minimum Gasteiger partial charge on any atom is -0.409 e. The quantitative estimate of drug-likeness (QED) is 0.240. The van der Waals surface area contributed by atoms with Gasteiger partial charge in [-0.3, -0.25) is 9.59 Å². The van der Waals surface area contributed by atoms with Crippen LogP contribution in [0, 0.1) is 5.92 Å². The maximum absolute atomic E-state index is 13.2. The number of rotatable bonds is 14. The fourth-order valence-corrected chi connectivity index (χ4v) is 5.98. The van der Waals surface area contributed by atoms with Crippen LogP contribution in [0.1, 0.15) is 37.5 Å². The molecule has 3 aromatic carbocycles. The van der Waals surface area contributed by atoms with Crippen molar-refractivity contribution in [1.29, 1.82) is 0 Å². The molecular formula is C33H43BN2O4Si. The van der Waals surface area contributed by atoms with Crippen LogP contribution in [0.15, 0.2) is 91.0 Å². The number of benzene rings is 3. The largest absolute Gasteiger partial charge is 0.409 e. The topological polar surface area (TPSA) is 90.7 Å². The Morgan fingerprint density at radius 2 is 1.27 bits per heavy atom. The Morgan fingerprint density at radius 3 is 1.71 bits per heavy atom. The lowest BCUT2D eigenvalue weighted by molar-refractivity contribution is -0.135. The lowest BCUT2D eigenvalue weighted by atomic mass is 9.85. The molecule has 0 saturated heterocycles. The van der Waals surface area contributed by atoms with E-state index in [0.717, 1.165) is 16.7 Å². The number of ether oxygens (including phenoxy) is 1. The Bertz CT molecular complexity index is 1240. The Morgan fingerprint density at radius 1 is 0.805 bits per heavy atom. The Labute approximate surface area is 247 Å². The van der Waals surface area contributed by atoms with Crippen LogP contribution in [0.4, 0.5) is 4.79 Å². The summed E-state index contributed by atoms with van der Waals surface area (Å²) in [6.45, 7) is 11.0. The molecule has 4 atom stereocenters. The third kappa shape index (κ3) is 9.70. The predicted octanol–water partition coefficient (Wildman–Crippen LogP) is 5.80. The van der Waals surface area contributed by atoms with Crippen molar-refractivity contribution in [2.24, 2.45) is 11.7 Å². The van der Waals surface area contributed by atoms with Gasteiger partial charge in [0, 0.05) is 0 Å². The molecule has 41 heavy (non-hydrogen) atoms. The summed E-state index contributed by atoms with van der Waals surface area (Å²) in [6.07, 6.45) is -0.691. The zero-order valence-electron chi connectivity index (χ0n) is 24.9. The molecule has 2 amide bonds. The summed E-state index contributed by atoms with van der Waals surface area (Å²) in [5.74, 6) is -1.90. The number of nitrogens with two attached hydrogens (primary N) is 1. The van der Waals surface area contributed by atoms with Crippen molar-refractivity contribution in [3.63, 3.8) is 0 Å². The van der Waals surface area contributed by atoms with Crippen molar-refractivity contribution in [3.05, 3.63) is 108 Å². The van der Waals surface area contributed by atoms with Crippen molar-refractivity contribution >= 4 is 27.9 Å². The second-order valence-corrected chi connectivity index (χ2v) is 16.9. The fourth-order valence-electron chi connectivity index (χ4n) is 4.65. The molecule has 0 spiro atoms. The number of carbonyl (C=O) groups excluding carboxylic acids is 2. The van der Waals surface area contributed by atoms with Crippen LogP contribution in [0.25, 0.3) is 0 Å². The Balaban J connectivity index is 2.14. The number of nitrogens with one attached hydrogen (secondary N) is 1. The van der Waals surface area contributed by atoms with Crippen molar-refractivity contribution in [2.75, 3.05) is 0 Å². The standard InChI is InChI=1S/C33H43BN2O4Si/c1-33(2,3)41(4,5)40-30(28(36-32(34)38)22-25-17-11-7-12-18-25)29(39-23-26-19-13-8-14-20-26)27(31(35)37)21-24-15-9-6-10-16-24/h6-20,27-30H,21-23H2,1-5H3,(H2,35,37)(H,36,38)/t27-,28+,29-,30-/m0/s1. The van der Waals surface area contributed by atoms with Gasteiger partial charge in [-0.1, -0.05) is 112 Å². The third-order valence-corrected chi connectivity index (χ3v) is 12.4. The van der Waals surface area contributed by atoms with Gasteiger partial charge in [0.25, 0.3) is 0 Å². The first-order valence-corrected chi connectivity index (χ1v) is 17.0. The predicted molar refractivity (Wildman–Crippen MR) is 168 cm³/mol. The number of primary amides is 1.